The number of nitrogens with zero attached hydrogens (tertiary/aromatic N) is 3. The zero-order valence-corrected chi connectivity index (χ0v) is 10.7. The Morgan fingerprint density at radius 3 is 2.89 bits per heavy atom. The van der Waals surface area contributed by atoms with Gasteiger partial charge in [-0.3, -0.25) is 9.78 Å². The van der Waals surface area contributed by atoms with Crippen LogP contribution in [-0.4, -0.2) is 28.2 Å². The highest BCUT2D eigenvalue weighted by Gasteiger charge is 2.57. The molecule has 0 radical (unpaired) electrons. The minimum absolute atomic E-state index is 0.314. The molecule has 0 saturated heterocycles. The van der Waals surface area contributed by atoms with Gasteiger partial charge >= 0.3 is 5.97 Å². The molecule has 2 heterocycles. The molecule has 3 rings (SSSR count). The molecule has 0 aromatic carbocycles. The van der Waals surface area contributed by atoms with Crippen LogP contribution in [0.1, 0.15) is 24.3 Å². The smallest absolute Gasteiger partial charge is 0.321 e. The number of rotatable bonds is 3. The molecule has 1 aliphatic carbocycles. The van der Waals surface area contributed by atoms with E-state index in [-0.39, 0.29) is 5.97 Å². The molecule has 0 spiro atoms. The molecule has 2 aromatic heterocycles. The van der Waals surface area contributed by atoms with Crippen LogP contribution in [0.15, 0.2) is 23.0 Å². The molecule has 1 aliphatic rings. The van der Waals surface area contributed by atoms with Crippen molar-refractivity contribution >= 4 is 5.97 Å². The third-order valence-electron chi connectivity index (χ3n) is 3.44. The molecule has 1 saturated carbocycles. The van der Waals surface area contributed by atoms with Gasteiger partial charge in [-0.1, -0.05) is 5.16 Å². The van der Waals surface area contributed by atoms with Crippen LogP contribution in [-0.2, 0) is 14.9 Å². The molecule has 19 heavy (non-hydrogen) atoms. The first-order valence-electron chi connectivity index (χ1n) is 6.01. The average molecular weight is 259 g/mol. The zero-order chi connectivity index (χ0) is 13.5. The van der Waals surface area contributed by atoms with Crippen LogP contribution >= 0.6 is 0 Å². The second-order valence-electron chi connectivity index (χ2n) is 4.69. The van der Waals surface area contributed by atoms with Crippen LogP contribution in [0.2, 0.25) is 0 Å². The summed E-state index contributed by atoms with van der Waals surface area (Å²) in [6, 6.07) is 1.87. The standard InChI is InChI=1S/C13H13N3O3/c1-8-3-6-14-7-9(8)10-15-11(19-16-10)13(4-5-13)12(17)18-2/h3,6-7H,4-5H2,1-2H3. The molecule has 0 unspecified atom stereocenters. The molecule has 0 atom stereocenters. The SMILES string of the molecule is COC(=O)C1(c2nc(-c3cnccc3C)no2)CC1. The maximum atomic E-state index is 11.7. The van der Waals surface area contributed by atoms with Gasteiger partial charge in [-0.05, 0) is 31.4 Å². The van der Waals surface area contributed by atoms with Crippen LogP contribution < -0.4 is 0 Å². The van der Waals surface area contributed by atoms with Gasteiger partial charge in [0.1, 0.15) is 5.41 Å². The largest absolute Gasteiger partial charge is 0.468 e. The minimum Gasteiger partial charge on any atom is -0.468 e. The summed E-state index contributed by atoms with van der Waals surface area (Å²) in [6.07, 6.45) is 4.76. The second kappa shape index (κ2) is 4.15. The van der Waals surface area contributed by atoms with Crippen LogP contribution in [0.4, 0.5) is 0 Å². The number of carbonyl (C=O) groups is 1. The van der Waals surface area contributed by atoms with E-state index in [9.17, 15) is 4.79 Å². The third kappa shape index (κ3) is 1.80. The highest BCUT2D eigenvalue weighted by Crippen LogP contribution is 2.48. The van der Waals surface area contributed by atoms with Crippen LogP contribution in [0.3, 0.4) is 0 Å². The molecule has 0 aliphatic heterocycles. The molecular weight excluding hydrogens is 246 g/mol. The Morgan fingerprint density at radius 1 is 1.47 bits per heavy atom. The first-order valence-corrected chi connectivity index (χ1v) is 6.01. The fraction of sp³-hybridized carbons (Fsp3) is 0.385. The molecule has 6 nitrogen and oxygen atoms in total. The van der Waals surface area contributed by atoms with Gasteiger partial charge in [0.15, 0.2) is 0 Å². The summed E-state index contributed by atoms with van der Waals surface area (Å²) in [7, 11) is 1.37. The van der Waals surface area contributed by atoms with E-state index in [0.29, 0.717) is 24.6 Å². The number of aryl methyl sites for hydroxylation is 1. The van der Waals surface area contributed by atoms with Crippen molar-refractivity contribution in [3.8, 4) is 11.4 Å². The van der Waals surface area contributed by atoms with E-state index in [1.807, 2.05) is 13.0 Å². The van der Waals surface area contributed by atoms with E-state index < -0.39 is 5.41 Å². The van der Waals surface area contributed by atoms with Crippen molar-refractivity contribution in [2.45, 2.75) is 25.2 Å². The van der Waals surface area contributed by atoms with E-state index in [0.717, 1.165) is 11.1 Å². The van der Waals surface area contributed by atoms with Crippen molar-refractivity contribution in [2.24, 2.45) is 0 Å². The van der Waals surface area contributed by atoms with E-state index in [4.69, 9.17) is 9.26 Å². The van der Waals surface area contributed by atoms with Gasteiger partial charge in [-0.2, -0.15) is 4.98 Å². The maximum absolute atomic E-state index is 11.7. The number of hydrogen-bond acceptors (Lipinski definition) is 6. The van der Waals surface area contributed by atoms with E-state index >= 15 is 0 Å². The fourth-order valence-electron chi connectivity index (χ4n) is 2.05. The first kappa shape index (κ1) is 11.8. The molecule has 6 heteroatoms. The van der Waals surface area contributed by atoms with E-state index in [1.165, 1.54) is 7.11 Å². The van der Waals surface area contributed by atoms with Crippen molar-refractivity contribution < 1.29 is 14.1 Å². The average Bonchev–Trinajstić information content (AvgIpc) is 3.10. The topological polar surface area (TPSA) is 78.1 Å². The quantitative estimate of drug-likeness (QED) is 0.780. The highest BCUT2D eigenvalue weighted by molar-refractivity contribution is 5.85. The molecule has 0 bridgehead atoms. The number of aromatic nitrogens is 3. The van der Waals surface area contributed by atoms with E-state index in [2.05, 4.69) is 15.1 Å². The van der Waals surface area contributed by atoms with Gasteiger partial charge < -0.3 is 9.26 Å². The predicted molar refractivity (Wildman–Crippen MR) is 65.2 cm³/mol. The normalized spacial score (nSPS) is 16.1. The summed E-state index contributed by atoms with van der Waals surface area (Å²) in [5.41, 5.74) is 1.08. The van der Waals surface area contributed by atoms with E-state index in [1.54, 1.807) is 12.4 Å². The van der Waals surface area contributed by atoms with Crippen molar-refractivity contribution in [3.05, 3.63) is 29.9 Å². The van der Waals surface area contributed by atoms with Crippen LogP contribution in [0, 0.1) is 6.92 Å². The highest BCUT2D eigenvalue weighted by atomic mass is 16.5. The number of esters is 1. The Kier molecular flexibility index (Phi) is 2.58. The number of ether oxygens (including phenoxy) is 1. The van der Waals surface area contributed by atoms with Crippen molar-refractivity contribution in [1.82, 2.24) is 15.1 Å². The zero-order valence-electron chi connectivity index (χ0n) is 10.7. The van der Waals surface area contributed by atoms with Gasteiger partial charge in [0.2, 0.25) is 11.7 Å². The third-order valence-corrected chi connectivity index (χ3v) is 3.44. The lowest BCUT2D eigenvalue weighted by Gasteiger charge is -2.05. The minimum atomic E-state index is -0.726. The number of methoxy groups -OCH3 is 1. The Balaban J connectivity index is 1.97. The summed E-state index contributed by atoms with van der Waals surface area (Å²) in [5, 5.41) is 3.94. The number of carbonyl (C=O) groups excluding carboxylic acids is 1. The monoisotopic (exact) mass is 259 g/mol. The lowest BCUT2D eigenvalue weighted by atomic mass is 10.1. The van der Waals surface area contributed by atoms with Crippen molar-refractivity contribution in [1.29, 1.82) is 0 Å². The second-order valence-corrected chi connectivity index (χ2v) is 4.69. The molecule has 2 aromatic rings. The van der Waals surface area contributed by atoms with Crippen molar-refractivity contribution in [2.75, 3.05) is 7.11 Å². The lowest BCUT2D eigenvalue weighted by Crippen LogP contribution is -2.22. The van der Waals surface area contributed by atoms with Gasteiger partial charge in [-0.15, -0.1) is 0 Å². The Bertz CT molecular complexity index is 632. The summed E-state index contributed by atoms with van der Waals surface area (Å²) in [5.74, 6) is 0.471. The fourth-order valence-corrected chi connectivity index (χ4v) is 2.05. The van der Waals surface area contributed by atoms with Crippen LogP contribution in [0.5, 0.6) is 0 Å². The van der Waals surface area contributed by atoms with Crippen molar-refractivity contribution in [3.63, 3.8) is 0 Å². The van der Waals surface area contributed by atoms with Crippen LogP contribution in [0.25, 0.3) is 11.4 Å². The van der Waals surface area contributed by atoms with Gasteiger partial charge in [-0.25, -0.2) is 0 Å². The first-order chi connectivity index (χ1) is 9.17. The number of hydrogen-bond donors (Lipinski definition) is 0. The Morgan fingerprint density at radius 2 is 2.26 bits per heavy atom. The summed E-state index contributed by atoms with van der Waals surface area (Å²) in [6.45, 7) is 1.94. The Labute approximate surface area is 109 Å². The molecule has 98 valence electrons. The maximum Gasteiger partial charge on any atom is 0.321 e. The predicted octanol–water partition coefficient (Wildman–Crippen LogP) is 1.64. The Hall–Kier alpha value is -2.24. The molecule has 1 fully saturated rings. The summed E-state index contributed by atoms with van der Waals surface area (Å²) < 4.78 is 10.0. The molecular formula is C13H13N3O3. The van der Waals surface area contributed by atoms with Gasteiger partial charge in [0, 0.05) is 18.0 Å². The van der Waals surface area contributed by atoms with Gasteiger partial charge in [0.05, 0.1) is 7.11 Å². The lowest BCUT2D eigenvalue weighted by molar-refractivity contribution is -0.144. The number of pyridine rings is 1. The molecule has 0 amide bonds. The molecule has 0 N–H and O–H groups in total. The summed E-state index contributed by atoms with van der Waals surface area (Å²) in [4.78, 5) is 20.1. The summed E-state index contributed by atoms with van der Waals surface area (Å²) >= 11 is 0. The van der Waals surface area contributed by atoms with Gasteiger partial charge in [0.25, 0.3) is 0 Å².